The fourth-order valence-corrected chi connectivity index (χ4v) is 2.16. The molecular formula is C12H17ClN4O. The van der Waals surface area contributed by atoms with Crippen LogP contribution >= 0.6 is 11.6 Å². The van der Waals surface area contributed by atoms with Crippen LogP contribution in [0.3, 0.4) is 0 Å². The molecule has 5 nitrogen and oxygen atoms in total. The van der Waals surface area contributed by atoms with Gasteiger partial charge in [0, 0.05) is 25.7 Å². The summed E-state index contributed by atoms with van der Waals surface area (Å²) >= 11 is 6.18. The highest BCUT2D eigenvalue weighted by molar-refractivity contribution is 6.31. The van der Waals surface area contributed by atoms with Crippen LogP contribution in [0.1, 0.15) is 28.4 Å². The summed E-state index contributed by atoms with van der Waals surface area (Å²) in [5.41, 5.74) is 3.87. The van der Waals surface area contributed by atoms with Gasteiger partial charge in [0.25, 0.3) is 0 Å². The molecule has 0 atom stereocenters. The summed E-state index contributed by atoms with van der Waals surface area (Å²) in [6.45, 7) is 7.13. The number of hydrogen-bond donors (Lipinski definition) is 1. The maximum Gasteiger partial charge on any atom is 0.138 e. The Kier molecular flexibility index (Phi) is 3.73. The van der Waals surface area contributed by atoms with Crippen molar-refractivity contribution >= 4 is 11.6 Å². The molecule has 0 radical (unpaired) electrons. The molecule has 6 heteroatoms. The number of nitrogens with one attached hydrogen (secondary N) is 1. The van der Waals surface area contributed by atoms with Crippen molar-refractivity contribution in [1.29, 1.82) is 0 Å². The molecule has 0 aliphatic heterocycles. The van der Waals surface area contributed by atoms with E-state index >= 15 is 0 Å². The molecule has 0 fully saturated rings. The smallest absolute Gasteiger partial charge is 0.138 e. The van der Waals surface area contributed by atoms with Gasteiger partial charge in [-0.2, -0.15) is 5.10 Å². The zero-order valence-electron chi connectivity index (χ0n) is 11.0. The molecule has 2 aromatic rings. The Morgan fingerprint density at radius 2 is 1.94 bits per heavy atom. The third-order valence-corrected chi connectivity index (χ3v) is 3.53. The fourth-order valence-electron chi connectivity index (χ4n) is 1.93. The van der Waals surface area contributed by atoms with Crippen LogP contribution in [0.15, 0.2) is 4.52 Å². The van der Waals surface area contributed by atoms with Gasteiger partial charge in [-0.15, -0.1) is 0 Å². The Morgan fingerprint density at radius 1 is 1.22 bits per heavy atom. The van der Waals surface area contributed by atoms with Gasteiger partial charge < -0.3 is 9.84 Å². The van der Waals surface area contributed by atoms with E-state index < -0.39 is 0 Å². The Balaban J connectivity index is 2.01. The first-order chi connectivity index (χ1) is 8.50. The molecule has 1 N–H and O–H groups in total. The van der Waals surface area contributed by atoms with Crippen molar-refractivity contribution in [2.75, 3.05) is 0 Å². The van der Waals surface area contributed by atoms with E-state index in [2.05, 4.69) is 15.6 Å². The number of nitrogens with zero attached hydrogens (tertiary/aromatic N) is 3. The Hall–Kier alpha value is -1.33. The summed E-state index contributed by atoms with van der Waals surface area (Å²) in [5.74, 6) is 0.854. The van der Waals surface area contributed by atoms with Crippen molar-refractivity contribution in [2.24, 2.45) is 7.05 Å². The number of hydrogen-bond acceptors (Lipinski definition) is 4. The van der Waals surface area contributed by atoms with Crippen LogP contribution in [-0.2, 0) is 20.1 Å². The van der Waals surface area contributed by atoms with E-state index in [4.69, 9.17) is 16.1 Å². The van der Waals surface area contributed by atoms with Crippen LogP contribution in [0, 0.1) is 20.8 Å². The molecule has 0 aromatic carbocycles. The van der Waals surface area contributed by atoms with Crippen molar-refractivity contribution in [3.8, 4) is 0 Å². The van der Waals surface area contributed by atoms with Crippen LogP contribution in [0.5, 0.6) is 0 Å². The number of aryl methyl sites for hydroxylation is 4. The molecule has 2 heterocycles. The summed E-state index contributed by atoms with van der Waals surface area (Å²) in [6, 6.07) is 0. The predicted octanol–water partition coefficient (Wildman–Crippen LogP) is 2.28. The first kappa shape index (κ1) is 13.1. The molecule has 0 spiro atoms. The van der Waals surface area contributed by atoms with Crippen molar-refractivity contribution in [3.05, 3.63) is 33.4 Å². The van der Waals surface area contributed by atoms with Gasteiger partial charge in [0.15, 0.2) is 0 Å². The first-order valence-electron chi connectivity index (χ1n) is 5.81. The number of rotatable bonds is 4. The lowest BCUT2D eigenvalue weighted by molar-refractivity contribution is 0.391. The lowest BCUT2D eigenvalue weighted by Gasteiger charge is -2.05. The molecule has 0 saturated carbocycles. The fraction of sp³-hybridized carbons (Fsp3) is 0.500. The van der Waals surface area contributed by atoms with Crippen LogP contribution < -0.4 is 5.32 Å². The molecule has 98 valence electrons. The average Bonchev–Trinajstić information content (AvgIpc) is 2.75. The minimum Gasteiger partial charge on any atom is -0.361 e. The van der Waals surface area contributed by atoms with Gasteiger partial charge in [-0.1, -0.05) is 16.8 Å². The van der Waals surface area contributed by atoms with Gasteiger partial charge in [-0.05, 0) is 20.8 Å². The molecule has 0 amide bonds. The minimum absolute atomic E-state index is 0.667. The Labute approximate surface area is 111 Å². The SMILES string of the molecule is Cc1nn(C)c(CNCc2c(C)noc2C)c1Cl. The van der Waals surface area contributed by atoms with E-state index in [0.29, 0.717) is 13.1 Å². The Bertz CT molecular complexity index is 539. The highest BCUT2D eigenvalue weighted by Crippen LogP contribution is 2.19. The number of halogens is 1. The topological polar surface area (TPSA) is 55.9 Å². The molecule has 0 aliphatic rings. The van der Waals surface area contributed by atoms with E-state index in [0.717, 1.165) is 33.4 Å². The average molecular weight is 269 g/mol. The first-order valence-corrected chi connectivity index (χ1v) is 6.19. The lowest BCUT2D eigenvalue weighted by atomic mass is 10.2. The zero-order chi connectivity index (χ0) is 13.3. The van der Waals surface area contributed by atoms with Gasteiger partial charge in [0.2, 0.25) is 0 Å². The van der Waals surface area contributed by atoms with E-state index in [1.807, 2.05) is 27.8 Å². The van der Waals surface area contributed by atoms with Gasteiger partial charge in [0.05, 0.1) is 22.1 Å². The third kappa shape index (κ3) is 2.42. The quantitative estimate of drug-likeness (QED) is 0.924. The highest BCUT2D eigenvalue weighted by atomic mass is 35.5. The standard InChI is InChI=1S/C12H17ClN4O/c1-7-10(9(3)18-16-7)5-14-6-11-12(13)8(2)15-17(11)4/h14H,5-6H2,1-4H3. The van der Waals surface area contributed by atoms with Gasteiger partial charge >= 0.3 is 0 Å². The maximum absolute atomic E-state index is 6.18. The van der Waals surface area contributed by atoms with Crippen LogP contribution in [0.25, 0.3) is 0 Å². The second kappa shape index (κ2) is 5.12. The lowest BCUT2D eigenvalue weighted by Crippen LogP contribution is -2.16. The summed E-state index contributed by atoms with van der Waals surface area (Å²) < 4.78 is 6.92. The molecule has 2 aromatic heterocycles. The van der Waals surface area contributed by atoms with Gasteiger partial charge in [-0.3, -0.25) is 4.68 Å². The molecule has 2 rings (SSSR count). The zero-order valence-corrected chi connectivity index (χ0v) is 11.8. The Morgan fingerprint density at radius 3 is 2.44 bits per heavy atom. The van der Waals surface area contributed by atoms with Crippen molar-refractivity contribution < 1.29 is 4.52 Å². The van der Waals surface area contributed by atoms with E-state index in [-0.39, 0.29) is 0 Å². The van der Waals surface area contributed by atoms with E-state index in [9.17, 15) is 0 Å². The summed E-state index contributed by atoms with van der Waals surface area (Å²) in [4.78, 5) is 0. The molecule has 0 unspecified atom stereocenters. The van der Waals surface area contributed by atoms with Crippen molar-refractivity contribution in [1.82, 2.24) is 20.3 Å². The molecule has 18 heavy (non-hydrogen) atoms. The molecular weight excluding hydrogens is 252 g/mol. The molecule has 0 saturated heterocycles. The molecule has 0 bridgehead atoms. The summed E-state index contributed by atoms with van der Waals surface area (Å²) in [6.07, 6.45) is 0. The van der Waals surface area contributed by atoms with E-state index in [1.165, 1.54) is 0 Å². The second-order valence-electron chi connectivity index (χ2n) is 4.38. The van der Waals surface area contributed by atoms with Gasteiger partial charge in [-0.25, -0.2) is 0 Å². The predicted molar refractivity (Wildman–Crippen MR) is 69.5 cm³/mol. The van der Waals surface area contributed by atoms with Crippen molar-refractivity contribution in [3.63, 3.8) is 0 Å². The van der Waals surface area contributed by atoms with Crippen LogP contribution in [0.4, 0.5) is 0 Å². The van der Waals surface area contributed by atoms with E-state index in [1.54, 1.807) is 4.68 Å². The number of aromatic nitrogens is 3. The van der Waals surface area contributed by atoms with Crippen molar-refractivity contribution in [2.45, 2.75) is 33.9 Å². The summed E-state index contributed by atoms with van der Waals surface area (Å²) in [7, 11) is 1.89. The largest absolute Gasteiger partial charge is 0.361 e. The highest BCUT2D eigenvalue weighted by Gasteiger charge is 2.12. The van der Waals surface area contributed by atoms with Crippen LogP contribution in [-0.4, -0.2) is 14.9 Å². The second-order valence-corrected chi connectivity index (χ2v) is 4.75. The van der Waals surface area contributed by atoms with Gasteiger partial charge in [0.1, 0.15) is 5.76 Å². The van der Waals surface area contributed by atoms with Crippen LogP contribution in [0.2, 0.25) is 5.02 Å². The minimum atomic E-state index is 0.667. The third-order valence-electron chi connectivity index (χ3n) is 3.04. The summed E-state index contributed by atoms with van der Waals surface area (Å²) in [5, 5.41) is 12.3. The maximum atomic E-state index is 6.18. The normalized spacial score (nSPS) is 11.2. The molecule has 0 aliphatic carbocycles. The monoisotopic (exact) mass is 268 g/mol.